The van der Waals surface area contributed by atoms with E-state index in [0.29, 0.717) is 12.8 Å². The number of fused-ring (bicyclic) bond motifs is 1. The smallest absolute Gasteiger partial charge is 0.217 e. The molecule has 0 spiro atoms. The van der Waals surface area contributed by atoms with Crippen molar-refractivity contribution in [2.24, 2.45) is 5.73 Å². The Morgan fingerprint density at radius 3 is 2.53 bits per heavy atom. The summed E-state index contributed by atoms with van der Waals surface area (Å²) >= 11 is 0. The molecular formula is C14H15NO2. The zero-order chi connectivity index (χ0) is 12.3. The van der Waals surface area contributed by atoms with Crippen LogP contribution in [0.2, 0.25) is 0 Å². The maximum atomic E-state index is 10.8. The normalized spacial score (nSPS) is 10.4. The number of hydrogen-bond donors (Lipinski definition) is 1. The largest absolute Gasteiger partial charge is 0.496 e. The van der Waals surface area contributed by atoms with E-state index in [1.165, 1.54) is 0 Å². The highest BCUT2D eigenvalue weighted by atomic mass is 16.5. The molecular weight excluding hydrogens is 214 g/mol. The maximum absolute atomic E-state index is 10.8. The second kappa shape index (κ2) is 4.87. The highest BCUT2D eigenvalue weighted by molar-refractivity contribution is 5.91. The molecule has 2 aromatic rings. The Hall–Kier alpha value is -2.03. The number of carbonyl (C=O) groups is 1. The lowest BCUT2D eigenvalue weighted by Crippen LogP contribution is -2.11. The van der Waals surface area contributed by atoms with Crippen molar-refractivity contribution in [2.75, 3.05) is 7.11 Å². The molecule has 0 heterocycles. The van der Waals surface area contributed by atoms with Gasteiger partial charge in [-0.1, -0.05) is 30.3 Å². The number of nitrogens with two attached hydrogens (primary N) is 1. The van der Waals surface area contributed by atoms with Crippen molar-refractivity contribution in [1.82, 2.24) is 0 Å². The van der Waals surface area contributed by atoms with E-state index in [-0.39, 0.29) is 5.91 Å². The Bertz CT molecular complexity index is 549. The number of methoxy groups -OCH3 is 1. The average Bonchev–Trinajstić information content (AvgIpc) is 2.35. The number of amides is 1. The molecule has 1 amide bonds. The van der Waals surface area contributed by atoms with Crippen LogP contribution in [0.15, 0.2) is 36.4 Å². The van der Waals surface area contributed by atoms with Gasteiger partial charge in [0.1, 0.15) is 5.75 Å². The maximum Gasteiger partial charge on any atom is 0.217 e. The first-order valence-corrected chi connectivity index (χ1v) is 5.55. The first kappa shape index (κ1) is 11.5. The second-order valence-corrected chi connectivity index (χ2v) is 3.94. The van der Waals surface area contributed by atoms with Crippen LogP contribution in [-0.2, 0) is 11.2 Å². The summed E-state index contributed by atoms with van der Waals surface area (Å²) in [5, 5.41) is 2.19. The number of benzene rings is 2. The van der Waals surface area contributed by atoms with E-state index in [2.05, 4.69) is 0 Å². The molecule has 0 atom stereocenters. The third-order valence-corrected chi connectivity index (χ3v) is 2.84. The van der Waals surface area contributed by atoms with Crippen LogP contribution in [-0.4, -0.2) is 13.0 Å². The average molecular weight is 229 g/mol. The minimum absolute atomic E-state index is 0.273. The molecule has 2 aromatic carbocycles. The van der Waals surface area contributed by atoms with Gasteiger partial charge in [0.15, 0.2) is 0 Å². The molecule has 0 aliphatic rings. The molecule has 3 nitrogen and oxygen atoms in total. The number of ether oxygens (including phenoxy) is 1. The number of aryl methyl sites for hydroxylation is 1. The van der Waals surface area contributed by atoms with Crippen molar-refractivity contribution < 1.29 is 9.53 Å². The van der Waals surface area contributed by atoms with E-state index in [0.717, 1.165) is 22.1 Å². The summed E-state index contributed by atoms with van der Waals surface area (Å²) < 4.78 is 5.32. The van der Waals surface area contributed by atoms with E-state index in [4.69, 9.17) is 10.5 Å². The zero-order valence-electron chi connectivity index (χ0n) is 9.77. The van der Waals surface area contributed by atoms with E-state index in [1.807, 2.05) is 36.4 Å². The number of primary amides is 1. The first-order valence-electron chi connectivity index (χ1n) is 5.55. The van der Waals surface area contributed by atoms with Gasteiger partial charge >= 0.3 is 0 Å². The van der Waals surface area contributed by atoms with Gasteiger partial charge in [0.25, 0.3) is 0 Å². The summed E-state index contributed by atoms with van der Waals surface area (Å²) in [5.74, 6) is 0.577. The van der Waals surface area contributed by atoms with Gasteiger partial charge in [0.2, 0.25) is 5.91 Å². The molecule has 17 heavy (non-hydrogen) atoms. The predicted molar refractivity (Wildman–Crippen MR) is 68.0 cm³/mol. The van der Waals surface area contributed by atoms with Gasteiger partial charge in [-0.3, -0.25) is 4.79 Å². The summed E-state index contributed by atoms with van der Waals surface area (Å²) in [6, 6.07) is 11.9. The van der Waals surface area contributed by atoms with Crippen molar-refractivity contribution in [3.05, 3.63) is 42.0 Å². The van der Waals surface area contributed by atoms with Crippen LogP contribution in [0.5, 0.6) is 5.75 Å². The zero-order valence-corrected chi connectivity index (χ0v) is 9.77. The molecule has 0 saturated carbocycles. The SMILES string of the molecule is COc1ccc(CCC(N)=O)c2ccccc12. The summed E-state index contributed by atoms with van der Waals surface area (Å²) in [4.78, 5) is 10.8. The number of rotatable bonds is 4. The third-order valence-electron chi connectivity index (χ3n) is 2.84. The van der Waals surface area contributed by atoms with Crippen molar-refractivity contribution >= 4 is 16.7 Å². The van der Waals surface area contributed by atoms with Gasteiger partial charge < -0.3 is 10.5 Å². The Kier molecular flexibility index (Phi) is 3.28. The van der Waals surface area contributed by atoms with Crippen LogP contribution in [0.4, 0.5) is 0 Å². The molecule has 0 fully saturated rings. The summed E-state index contributed by atoms with van der Waals surface area (Å²) in [6.07, 6.45) is 1.04. The fraction of sp³-hybridized carbons (Fsp3) is 0.214. The summed E-state index contributed by atoms with van der Waals surface area (Å²) in [5.41, 5.74) is 6.30. The van der Waals surface area contributed by atoms with Gasteiger partial charge in [0, 0.05) is 11.8 Å². The standard InChI is InChI=1S/C14H15NO2/c1-17-13-8-6-10(7-9-14(15)16)11-4-2-3-5-12(11)13/h2-6,8H,7,9H2,1H3,(H2,15,16). The molecule has 2 N–H and O–H groups in total. The lowest BCUT2D eigenvalue weighted by Gasteiger charge is -2.09. The van der Waals surface area contributed by atoms with Gasteiger partial charge in [-0.15, -0.1) is 0 Å². The van der Waals surface area contributed by atoms with E-state index in [1.54, 1.807) is 7.11 Å². The number of hydrogen-bond acceptors (Lipinski definition) is 2. The number of carbonyl (C=O) groups excluding carboxylic acids is 1. The Balaban J connectivity index is 2.47. The molecule has 0 aliphatic carbocycles. The Labute approximate surface area is 100 Å². The highest BCUT2D eigenvalue weighted by Crippen LogP contribution is 2.28. The van der Waals surface area contributed by atoms with Crippen molar-refractivity contribution in [1.29, 1.82) is 0 Å². The summed E-state index contributed by atoms with van der Waals surface area (Å²) in [6.45, 7) is 0. The molecule has 0 saturated heterocycles. The molecule has 2 rings (SSSR count). The fourth-order valence-electron chi connectivity index (χ4n) is 1.99. The molecule has 0 bridgehead atoms. The van der Waals surface area contributed by atoms with Gasteiger partial charge in [-0.2, -0.15) is 0 Å². The molecule has 88 valence electrons. The van der Waals surface area contributed by atoms with Gasteiger partial charge in [-0.25, -0.2) is 0 Å². The Morgan fingerprint density at radius 1 is 1.18 bits per heavy atom. The minimum Gasteiger partial charge on any atom is -0.496 e. The van der Waals surface area contributed by atoms with Crippen molar-refractivity contribution in [2.45, 2.75) is 12.8 Å². The molecule has 0 aliphatic heterocycles. The van der Waals surface area contributed by atoms with E-state index in [9.17, 15) is 4.79 Å². The van der Waals surface area contributed by atoms with E-state index >= 15 is 0 Å². The third kappa shape index (κ3) is 2.38. The van der Waals surface area contributed by atoms with Crippen molar-refractivity contribution in [3.63, 3.8) is 0 Å². The van der Waals surface area contributed by atoms with Gasteiger partial charge in [-0.05, 0) is 23.4 Å². The minimum atomic E-state index is -0.273. The quantitative estimate of drug-likeness (QED) is 0.874. The first-order chi connectivity index (χ1) is 8.22. The Morgan fingerprint density at radius 2 is 1.88 bits per heavy atom. The van der Waals surface area contributed by atoms with Crippen LogP contribution in [0, 0.1) is 0 Å². The van der Waals surface area contributed by atoms with Crippen LogP contribution in [0.25, 0.3) is 10.8 Å². The topological polar surface area (TPSA) is 52.3 Å². The summed E-state index contributed by atoms with van der Waals surface area (Å²) in [7, 11) is 1.66. The van der Waals surface area contributed by atoms with Crippen LogP contribution >= 0.6 is 0 Å². The van der Waals surface area contributed by atoms with Crippen LogP contribution in [0.3, 0.4) is 0 Å². The highest BCUT2D eigenvalue weighted by Gasteiger charge is 2.06. The van der Waals surface area contributed by atoms with Gasteiger partial charge in [0.05, 0.1) is 7.11 Å². The second-order valence-electron chi connectivity index (χ2n) is 3.94. The molecule has 0 unspecified atom stereocenters. The molecule has 0 radical (unpaired) electrons. The predicted octanol–water partition coefficient (Wildman–Crippen LogP) is 2.27. The lowest BCUT2D eigenvalue weighted by atomic mass is 10.00. The monoisotopic (exact) mass is 229 g/mol. The lowest BCUT2D eigenvalue weighted by molar-refractivity contribution is -0.117. The molecule has 3 heteroatoms. The van der Waals surface area contributed by atoms with Crippen molar-refractivity contribution in [3.8, 4) is 5.75 Å². The van der Waals surface area contributed by atoms with Crippen LogP contribution < -0.4 is 10.5 Å². The fourth-order valence-corrected chi connectivity index (χ4v) is 1.99. The van der Waals surface area contributed by atoms with E-state index < -0.39 is 0 Å². The van der Waals surface area contributed by atoms with Crippen LogP contribution in [0.1, 0.15) is 12.0 Å². The molecule has 0 aromatic heterocycles.